The smallest absolute Gasteiger partial charge is 0.255 e. The molecule has 3 rings (SSSR count). The number of fused-ring (bicyclic) bond motifs is 1. The summed E-state index contributed by atoms with van der Waals surface area (Å²) < 4.78 is 5.78. The van der Waals surface area contributed by atoms with E-state index in [2.05, 4.69) is 28.7 Å². The van der Waals surface area contributed by atoms with E-state index < -0.39 is 0 Å². The summed E-state index contributed by atoms with van der Waals surface area (Å²) in [4.78, 5) is 21.9. The number of aromatic amines is 1. The average molecular weight is 281 g/mol. The highest BCUT2D eigenvalue weighted by Gasteiger charge is 2.27. The van der Waals surface area contributed by atoms with Gasteiger partial charge < -0.3 is 9.72 Å². The van der Waals surface area contributed by atoms with E-state index in [1.54, 1.807) is 11.8 Å². The van der Waals surface area contributed by atoms with Gasteiger partial charge in [-0.15, -0.1) is 0 Å². The van der Waals surface area contributed by atoms with E-state index >= 15 is 0 Å². The standard InChI is InChI=1S/C13H19N3O2S/c1-8(2)16-3-4-18-11(5-16)12-14-10-7-19-6-9(10)13(17)15-12/h8,11H,3-7H2,1-2H3,(H,14,15,17). The molecule has 0 aromatic carbocycles. The third-order valence-corrected chi connectivity index (χ3v) is 4.71. The molecule has 1 unspecified atom stereocenters. The molecule has 0 bridgehead atoms. The third kappa shape index (κ3) is 2.57. The van der Waals surface area contributed by atoms with Crippen LogP contribution in [0.2, 0.25) is 0 Å². The van der Waals surface area contributed by atoms with Crippen molar-refractivity contribution in [2.24, 2.45) is 0 Å². The maximum Gasteiger partial charge on any atom is 0.255 e. The lowest BCUT2D eigenvalue weighted by molar-refractivity contribution is -0.0444. The summed E-state index contributed by atoms with van der Waals surface area (Å²) >= 11 is 1.74. The van der Waals surface area contributed by atoms with E-state index in [0.717, 1.165) is 35.9 Å². The normalized spacial score (nSPS) is 23.8. The van der Waals surface area contributed by atoms with Gasteiger partial charge in [0.25, 0.3) is 5.56 Å². The van der Waals surface area contributed by atoms with E-state index in [4.69, 9.17) is 4.74 Å². The highest BCUT2D eigenvalue weighted by atomic mass is 32.2. The van der Waals surface area contributed by atoms with Crippen LogP contribution in [0.4, 0.5) is 0 Å². The highest BCUT2D eigenvalue weighted by Crippen LogP contribution is 2.27. The summed E-state index contributed by atoms with van der Waals surface area (Å²) in [6, 6.07) is 0.489. The van der Waals surface area contributed by atoms with Crippen LogP contribution in [0.25, 0.3) is 0 Å². The average Bonchev–Trinajstić information content (AvgIpc) is 2.87. The van der Waals surface area contributed by atoms with E-state index in [-0.39, 0.29) is 11.7 Å². The number of hydrogen-bond acceptors (Lipinski definition) is 5. The first kappa shape index (κ1) is 13.1. The lowest BCUT2D eigenvalue weighted by Gasteiger charge is -2.34. The van der Waals surface area contributed by atoms with Gasteiger partial charge in [-0.3, -0.25) is 9.69 Å². The van der Waals surface area contributed by atoms with Gasteiger partial charge >= 0.3 is 0 Å². The van der Waals surface area contributed by atoms with E-state index in [1.165, 1.54) is 0 Å². The molecule has 0 spiro atoms. The Morgan fingerprint density at radius 1 is 1.47 bits per heavy atom. The summed E-state index contributed by atoms with van der Waals surface area (Å²) in [5.74, 6) is 2.31. The van der Waals surface area contributed by atoms with Gasteiger partial charge in [0.15, 0.2) is 0 Å². The van der Waals surface area contributed by atoms with Crippen molar-refractivity contribution in [1.82, 2.24) is 14.9 Å². The Morgan fingerprint density at radius 2 is 2.32 bits per heavy atom. The van der Waals surface area contributed by atoms with Crippen molar-refractivity contribution in [3.8, 4) is 0 Å². The maximum atomic E-state index is 12.0. The molecule has 104 valence electrons. The van der Waals surface area contributed by atoms with Crippen LogP contribution in [0.3, 0.4) is 0 Å². The van der Waals surface area contributed by atoms with Gasteiger partial charge in [-0.2, -0.15) is 11.8 Å². The van der Waals surface area contributed by atoms with Gasteiger partial charge in [0.1, 0.15) is 11.9 Å². The van der Waals surface area contributed by atoms with Crippen molar-refractivity contribution in [2.75, 3.05) is 19.7 Å². The zero-order valence-electron chi connectivity index (χ0n) is 11.3. The zero-order chi connectivity index (χ0) is 13.4. The van der Waals surface area contributed by atoms with Gasteiger partial charge in [-0.1, -0.05) is 0 Å². The SMILES string of the molecule is CC(C)N1CCOC(c2nc3c(c(=O)[nH]2)CSC3)C1. The lowest BCUT2D eigenvalue weighted by Crippen LogP contribution is -2.43. The molecule has 1 N–H and O–H groups in total. The van der Waals surface area contributed by atoms with Crippen LogP contribution in [0, 0.1) is 0 Å². The lowest BCUT2D eigenvalue weighted by atomic mass is 10.2. The van der Waals surface area contributed by atoms with Gasteiger partial charge in [-0.05, 0) is 13.8 Å². The minimum atomic E-state index is -0.111. The Bertz CT molecular complexity index is 529. The number of rotatable bonds is 2. The molecule has 1 aromatic heterocycles. The first-order valence-corrected chi connectivity index (χ1v) is 7.86. The van der Waals surface area contributed by atoms with Crippen LogP contribution < -0.4 is 5.56 Å². The number of aromatic nitrogens is 2. The second-order valence-corrected chi connectivity index (χ2v) is 6.30. The van der Waals surface area contributed by atoms with Gasteiger partial charge in [0, 0.05) is 36.2 Å². The fraction of sp³-hybridized carbons (Fsp3) is 0.692. The van der Waals surface area contributed by atoms with Crippen LogP contribution in [-0.2, 0) is 16.2 Å². The van der Waals surface area contributed by atoms with Crippen molar-refractivity contribution in [3.63, 3.8) is 0 Å². The number of thioether (sulfide) groups is 1. The number of ether oxygens (including phenoxy) is 1. The van der Waals surface area contributed by atoms with Crippen LogP contribution >= 0.6 is 11.8 Å². The molecule has 19 heavy (non-hydrogen) atoms. The van der Waals surface area contributed by atoms with E-state index in [1.807, 2.05) is 0 Å². The van der Waals surface area contributed by atoms with E-state index in [9.17, 15) is 4.79 Å². The molecule has 1 aromatic rings. The molecule has 6 heteroatoms. The number of morpholine rings is 1. The molecule has 5 nitrogen and oxygen atoms in total. The largest absolute Gasteiger partial charge is 0.368 e. The molecule has 0 aliphatic carbocycles. The molecule has 2 aliphatic rings. The molecule has 2 aliphatic heterocycles. The summed E-state index contributed by atoms with van der Waals surface area (Å²) in [7, 11) is 0. The second kappa shape index (κ2) is 5.26. The van der Waals surface area contributed by atoms with Gasteiger partial charge in [0.2, 0.25) is 0 Å². The Hall–Kier alpha value is -0.850. The number of nitrogens with zero attached hydrogens (tertiary/aromatic N) is 2. The fourth-order valence-corrected chi connectivity index (χ4v) is 3.57. The minimum absolute atomic E-state index is 0.00951. The number of H-pyrrole nitrogens is 1. The Labute approximate surface area is 116 Å². The van der Waals surface area contributed by atoms with Crippen molar-refractivity contribution < 1.29 is 4.74 Å². The molecular weight excluding hydrogens is 262 g/mol. The van der Waals surface area contributed by atoms with E-state index in [0.29, 0.717) is 18.5 Å². The molecule has 0 saturated carbocycles. The fourth-order valence-electron chi connectivity index (χ4n) is 2.54. The molecule has 1 saturated heterocycles. The van der Waals surface area contributed by atoms with Crippen molar-refractivity contribution in [1.29, 1.82) is 0 Å². The first-order valence-electron chi connectivity index (χ1n) is 6.70. The minimum Gasteiger partial charge on any atom is -0.368 e. The summed E-state index contributed by atoms with van der Waals surface area (Å²) in [6.07, 6.45) is -0.111. The molecular formula is C13H19N3O2S. The van der Waals surface area contributed by atoms with Gasteiger partial charge in [0.05, 0.1) is 12.3 Å². The highest BCUT2D eigenvalue weighted by molar-refractivity contribution is 7.98. The monoisotopic (exact) mass is 281 g/mol. The molecule has 3 heterocycles. The topological polar surface area (TPSA) is 58.2 Å². The van der Waals surface area contributed by atoms with Crippen LogP contribution in [0.5, 0.6) is 0 Å². The van der Waals surface area contributed by atoms with Crippen LogP contribution in [-0.4, -0.2) is 40.6 Å². The maximum absolute atomic E-state index is 12.0. The quantitative estimate of drug-likeness (QED) is 0.885. The molecule has 0 radical (unpaired) electrons. The van der Waals surface area contributed by atoms with Crippen LogP contribution in [0.15, 0.2) is 4.79 Å². The van der Waals surface area contributed by atoms with Crippen molar-refractivity contribution in [2.45, 2.75) is 37.5 Å². The summed E-state index contributed by atoms with van der Waals surface area (Å²) in [5.41, 5.74) is 1.79. The number of hydrogen-bond donors (Lipinski definition) is 1. The van der Waals surface area contributed by atoms with Crippen molar-refractivity contribution >= 4 is 11.8 Å². The molecule has 0 amide bonds. The zero-order valence-corrected chi connectivity index (χ0v) is 12.1. The first-order chi connectivity index (χ1) is 9.15. The third-order valence-electron chi connectivity index (χ3n) is 3.74. The predicted octanol–water partition coefficient (Wildman–Crippen LogP) is 1.30. The number of nitrogens with one attached hydrogen (secondary N) is 1. The Balaban J connectivity index is 1.86. The predicted molar refractivity (Wildman–Crippen MR) is 75.3 cm³/mol. The van der Waals surface area contributed by atoms with Gasteiger partial charge in [-0.25, -0.2) is 4.98 Å². The van der Waals surface area contributed by atoms with Crippen molar-refractivity contribution in [3.05, 3.63) is 27.4 Å². The Morgan fingerprint density at radius 3 is 3.11 bits per heavy atom. The summed E-state index contributed by atoms with van der Waals surface area (Å²) in [5, 5.41) is 0. The summed E-state index contributed by atoms with van der Waals surface area (Å²) in [6.45, 7) is 6.79. The second-order valence-electron chi connectivity index (χ2n) is 5.32. The Kier molecular flexibility index (Phi) is 3.64. The molecule has 1 atom stereocenters. The van der Waals surface area contributed by atoms with Crippen LogP contribution in [0.1, 0.15) is 37.0 Å². The molecule has 1 fully saturated rings.